The number of rotatable bonds is 17. The maximum atomic E-state index is 15.2. The average Bonchev–Trinajstić information content (AvgIpc) is 3.23. The molecule has 0 saturated carbocycles. The largest absolute Gasteiger partial charge is 0.489 e. The van der Waals surface area contributed by atoms with E-state index >= 15 is 4.79 Å². The molecule has 0 saturated heterocycles. The molecule has 0 N–H and O–H groups in total. The molecule has 1 atom stereocenters. The number of benzene rings is 6. The van der Waals surface area contributed by atoms with Gasteiger partial charge in [-0.1, -0.05) is 121 Å². The van der Waals surface area contributed by atoms with Crippen LogP contribution in [0.2, 0.25) is 0 Å². The van der Waals surface area contributed by atoms with Gasteiger partial charge in [0.25, 0.3) is 0 Å². The Labute approximate surface area is 328 Å². The van der Waals surface area contributed by atoms with Gasteiger partial charge in [-0.05, 0) is 69.1 Å². The molecule has 9 heteroatoms. The first kappa shape index (κ1) is 38.2. The summed E-state index contributed by atoms with van der Waals surface area (Å²) < 4.78 is 37.0. The number of Topliss-reactive ketones (excluding diaryl/α,β-unsaturated/α-hetero) is 1. The minimum absolute atomic E-state index is 0.0286. The minimum Gasteiger partial charge on any atom is -0.489 e. The van der Waals surface area contributed by atoms with Gasteiger partial charge in [0.15, 0.2) is 17.8 Å². The summed E-state index contributed by atoms with van der Waals surface area (Å²) >= 11 is 2.12. The third-order valence-corrected chi connectivity index (χ3v) is 9.60. The number of carbonyl (C=O) groups excluding carboxylic acids is 2. The summed E-state index contributed by atoms with van der Waals surface area (Å²) in [5, 5.41) is 0. The molecule has 0 radical (unpaired) electrons. The van der Waals surface area contributed by atoms with E-state index in [-0.39, 0.29) is 30.3 Å². The van der Waals surface area contributed by atoms with Crippen molar-refractivity contribution < 1.29 is 38.0 Å². The first-order valence-corrected chi connectivity index (χ1v) is 18.4. The highest BCUT2D eigenvalue weighted by atomic mass is 127. The van der Waals surface area contributed by atoms with Gasteiger partial charge < -0.3 is 28.4 Å². The Kier molecular flexibility index (Phi) is 13.5. The van der Waals surface area contributed by atoms with E-state index in [0.29, 0.717) is 32.8 Å². The number of ketones is 1. The third kappa shape index (κ3) is 9.73. The van der Waals surface area contributed by atoms with E-state index < -0.39 is 24.0 Å². The van der Waals surface area contributed by atoms with Crippen LogP contribution in [-0.4, -0.2) is 32.3 Å². The average molecular weight is 835 g/mol. The lowest BCUT2D eigenvalue weighted by atomic mass is 9.88. The van der Waals surface area contributed by atoms with Crippen LogP contribution in [0.3, 0.4) is 0 Å². The van der Waals surface area contributed by atoms with Crippen LogP contribution in [-0.2, 0) is 29.3 Å². The number of hydrogen-bond donors (Lipinski definition) is 0. The topological polar surface area (TPSA) is 89.5 Å². The van der Waals surface area contributed by atoms with Gasteiger partial charge >= 0.3 is 5.97 Å². The normalized spacial score (nSPS) is 11.5. The lowest BCUT2D eigenvalue weighted by Gasteiger charge is -2.27. The van der Waals surface area contributed by atoms with Crippen molar-refractivity contribution in [2.75, 3.05) is 14.2 Å². The molecule has 6 aromatic carbocycles. The monoisotopic (exact) mass is 834 g/mol. The van der Waals surface area contributed by atoms with E-state index in [1.54, 1.807) is 60.7 Å². The maximum absolute atomic E-state index is 15.2. The van der Waals surface area contributed by atoms with Crippen molar-refractivity contribution in [2.24, 2.45) is 0 Å². The molecule has 0 aliphatic heterocycles. The molecule has 274 valence electrons. The molecule has 0 fully saturated rings. The number of ether oxygens (including phenoxy) is 6. The van der Waals surface area contributed by atoms with E-state index in [2.05, 4.69) is 22.6 Å². The van der Waals surface area contributed by atoms with Gasteiger partial charge in [0.05, 0.1) is 15.1 Å². The number of methoxy groups -OCH3 is 2. The fourth-order valence-electron chi connectivity index (χ4n) is 5.81. The standard InChI is InChI=1S/C45H39IO8/c1-49-45(50-2)39(34-23-25-36(26-24-34)51-28-31-15-7-3-8-16-31)42(47)40-37(54-44(48)35-21-13-6-14-22-35)27-38(52-29-32-17-9-4-10-18-32)41(46)43(40)53-30-33-19-11-5-12-20-33/h3-27,39,45H,28-30H2,1-2H3. The molecule has 6 aromatic rings. The van der Waals surface area contributed by atoms with Crippen molar-refractivity contribution in [1.29, 1.82) is 0 Å². The lowest BCUT2D eigenvalue weighted by Crippen LogP contribution is -2.30. The van der Waals surface area contributed by atoms with Crippen molar-refractivity contribution in [3.05, 3.63) is 189 Å². The quantitative estimate of drug-likeness (QED) is 0.0295. The fraction of sp³-hybridized carbons (Fsp3) is 0.156. The second-order valence-electron chi connectivity index (χ2n) is 12.2. The third-order valence-electron chi connectivity index (χ3n) is 8.58. The summed E-state index contributed by atoms with van der Waals surface area (Å²) in [7, 11) is 2.94. The zero-order valence-corrected chi connectivity index (χ0v) is 32.0. The summed E-state index contributed by atoms with van der Waals surface area (Å²) in [4.78, 5) is 28.9. The van der Waals surface area contributed by atoms with E-state index in [1.165, 1.54) is 14.2 Å². The van der Waals surface area contributed by atoms with Crippen molar-refractivity contribution in [3.63, 3.8) is 0 Å². The Balaban J connectivity index is 1.44. The highest BCUT2D eigenvalue weighted by molar-refractivity contribution is 14.1. The Bertz CT molecular complexity index is 2110. The molecule has 0 aliphatic carbocycles. The fourth-order valence-corrected chi connectivity index (χ4v) is 6.55. The van der Waals surface area contributed by atoms with Crippen LogP contribution >= 0.6 is 22.6 Å². The van der Waals surface area contributed by atoms with E-state index in [1.807, 2.05) is 91.0 Å². The molecule has 6 rings (SSSR count). The molecule has 0 bridgehead atoms. The molecule has 0 spiro atoms. The molecule has 1 unspecified atom stereocenters. The molecule has 0 heterocycles. The summed E-state index contributed by atoms with van der Waals surface area (Å²) in [6, 6.07) is 46.5. The first-order valence-electron chi connectivity index (χ1n) is 17.3. The predicted octanol–water partition coefficient (Wildman–Crippen LogP) is 9.83. The number of carbonyl (C=O) groups is 2. The number of hydrogen-bond acceptors (Lipinski definition) is 8. The molecule has 0 amide bonds. The van der Waals surface area contributed by atoms with Crippen molar-refractivity contribution in [2.45, 2.75) is 32.0 Å². The highest BCUT2D eigenvalue weighted by Gasteiger charge is 2.37. The summed E-state index contributed by atoms with van der Waals surface area (Å²) in [6.45, 7) is 0.739. The number of halogens is 1. The maximum Gasteiger partial charge on any atom is 0.343 e. The number of esters is 1. The van der Waals surface area contributed by atoms with E-state index in [4.69, 9.17) is 28.4 Å². The Morgan fingerprint density at radius 3 is 1.57 bits per heavy atom. The molecule has 54 heavy (non-hydrogen) atoms. The van der Waals surface area contributed by atoms with Gasteiger partial charge in [0.1, 0.15) is 42.6 Å². The van der Waals surface area contributed by atoms with Crippen LogP contribution in [0.5, 0.6) is 23.0 Å². The highest BCUT2D eigenvalue weighted by Crippen LogP contribution is 2.44. The van der Waals surface area contributed by atoms with Crippen LogP contribution in [0.15, 0.2) is 152 Å². The lowest BCUT2D eigenvalue weighted by molar-refractivity contribution is -0.110. The molecule has 0 aliphatic rings. The van der Waals surface area contributed by atoms with Gasteiger partial charge in [-0.25, -0.2) is 4.79 Å². The zero-order chi connectivity index (χ0) is 37.7. The predicted molar refractivity (Wildman–Crippen MR) is 214 cm³/mol. The Hall–Kier alpha value is -5.49. The summed E-state index contributed by atoms with van der Waals surface area (Å²) in [6.07, 6.45) is -1.01. The summed E-state index contributed by atoms with van der Waals surface area (Å²) in [5.41, 5.74) is 3.78. The van der Waals surface area contributed by atoms with Crippen LogP contribution in [0.4, 0.5) is 0 Å². The Morgan fingerprint density at radius 2 is 1.06 bits per heavy atom. The van der Waals surface area contributed by atoms with Crippen molar-refractivity contribution >= 4 is 34.3 Å². The first-order chi connectivity index (χ1) is 26.4. The van der Waals surface area contributed by atoms with Crippen LogP contribution in [0.25, 0.3) is 0 Å². The minimum atomic E-state index is -1.01. The SMILES string of the molecule is COC(OC)C(C(=O)c1c(OC(=O)c2ccccc2)cc(OCc2ccccc2)c(I)c1OCc1ccccc1)c1ccc(OCc2ccccc2)cc1. The summed E-state index contributed by atoms with van der Waals surface area (Å²) in [5.74, 6) is -0.943. The molecular formula is C45H39IO8. The van der Waals surface area contributed by atoms with Gasteiger partial charge in [0, 0.05) is 20.3 Å². The van der Waals surface area contributed by atoms with E-state index in [0.717, 1.165) is 16.7 Å². The second kappa shape index (κ2) is 19.0. The van der Waals surface area contributed by atoms with Crippen molar-refractivity contribution in [3.8, 4) is 23.0 Å². The van der Waals surface area contributed by atoms with Gasteiger partial charge in [-0.15, -0.1) is 0 Å². The molecule has 8 nitrogen and oxygen atoms in total. The van der Waals surface area contributed by atoms with E-state index in [9.17, 15) is 4.79 Å². The van der Waals surface area contributed by atoms with Gasteiger partial charge in [-0.2, -0.15) is 0 Å². The smallest absolute Gasteiger partial charge is 0.343 e. The van der Waals surface area contributed by atoms with Crippen LogP contribution in [0, 0.1) is 3.57 Å². The van der Waals surface area contributed by atoms with Crippen molar-refractivity contribution in [1.82, 2.24) is 0 Å². The van der Waals surface area contributed by atoms with Crippen LogP contribution < -0.4 is 18.9 Å². The Morgan fingerprint density at radius 1 is 0.574 bits per heavy atom. The zero-order valence-electron chi connectivity index (χ0n) is 29.9. The van der Waals surface area contributed by atoms with Crippen LogP contribution in [0.1, 0.15) is 48.9 Å². The second-order valence-corrected chi connectivity index (χ2v) is 13.3. The molecule has 0 aromatic heterocycles. The molecular weight excluding hydrogens is 795 g/mol. The van der Waals surface area contributed by atoms with Gasteiger partial charge in [-0.3, -0.25) is 4.79 Å². The van der Waals surface area contributed by atoms with Gasteiger partial charge in [0.2, 0.25) is 0 Å².